The van der Waals surface area contributed by atoms with Crippen LogP contribution in [-0.4, -0.2) is 47.8 Å². The van der Waals surface area contributed by atoms with Crippen molar-refractivity contribution in [3.63, 3.8) is 0 Å². The summed E-state index contributed by atoms with van der Waals surface area (Å²) < 4.78 is 16.8. The van der Waals surface area contributed by atoms with Gasteiger partial charge in [-0.2, -0.15) is 5.10 Å². The number of rotatable bonds is 7. The lowest BCUT2D eigenvalue weighted by molar-refractivity contribution is 0.0300. The number of phenolic OH excluding ortho intramolecular Hbond substituents is 1. The van der Waals surface area contributed by atoms with Crippen LogP contribution in [0.3, 0.4) is 0 Å². The normalized spacial score (nSPS) is 11.0. The van der Waals surface area contributed by atoms with Crippen LogP contribution in [-0.2, 0) is 20.9 Å². The first-order chi connectivity index (χ1) is 10.2. The molecule has 0 bridgehead atoms. The molecule has 0 atom stereocenters. The average Bonchev–Trinajstić information content (AvgIpc) is 2.82. The first-order valence-corrected chi connectivity index (χ1v) is 6.60. The van der Waals surface area contributed by atoms with Gasteiger partial charge in [-0.15, -0.1) is 0 Å². The molecule has 0 saturated heterocycles. The molecule has 1 aromatic carbocycles. The summed E-state index contributed by atoms with van der Waals surface area (Å²) in [6, 6.07) is 4.67. The number of aromatic nitrogens is 2. The lowest BCUT2D eigenvalue weighted by Gasteiger charge is -2.05. The molecular formula is C14H18N2O5. The van der Waals surface area contributed by atoms with Crippen LogP contribution in [0.2, 0.25) is 0 Å². The molecule has 21 heavy (non-hydrogen) atoms. The van der Waals surface area contributed by atoms with Crippen LogP contribution in [0.4, 0.5) is 0 Å². The molecule has 0 saturated carbocycles. The van der Waals surface area contributed by atoms with Crippen molar-refractivity contribution in [2.24, 2.45) is 0 Å². The number of carbonyl (C=O) groups excluding carboxylic acids is 1. The van der Waals surface area contributed by atoms with Crippen molar-refractivity contribution in [3.8, 4) is 5.75 Å². The van der Waals surface area contributed by atoms with E-state index in [1.807, 2.05) is 0 Å². The first-order valence-electron chi connectivity index (χ1n) is 6.60. The number of nitrogens with zero attached hydrogens (tertiary/aromatic N) is 2. The van der Waals surface area contributed by atoms with E-state index in [1.165, 1.54) is 16.8 Å². The highest BCUT2D eigenvalue weighted by atomic mass is 16.5. The maximum Gasteiger partial charge on any atom is 0.359 e. The lowest BCUT2D eigenvalue weighted by Crippen LogP contribution is -2.10. The van der Waals surface area contributed by atoms with Gasteiger partial charge in [-0.1, -0.05) is 0 Å². The average molecular weight is 294 g/mol. The maximum atomic E-state index is 11.9. The molecule has 7 heteroatoms. The van der Waals surface area contributed by atoms with E-state index in [4.69, 9.17) is 14.2 Å². The monoisotopic (exact) mass is 294 g/mol. The molecule has 7 nitrogen and oxygen atoms in total. The molecule has 0 radical (unpaired) electrons. The Morgan fingerprint density at radius 1 is 1.38 bits per heavy atom. The van der Waals surface area contributed by atoms with E-state index < -0.39 is 5.97 Å². The number of hydrogen-bond acceptors (Lipinski definition) is 6. The zero-order valence-electron chi connectivity index (χ0n) is 12.0. The third kappa shape index (κ3) is 3.50. The predicted octanol–water partition coefficient (Wildman–Crippen LogP) is 1.54. The van der Waals surface area contributed by atoms with E-state index in [0.29, 0.717) is 24.1 Å². The number of hydrogen-bond donors (Lipinski definition) is 1. The molecule has 0 unspecified atom stereocenters. The molecule has 0 aliphatic carbocycles. The minimum Gasteiger partial charge on any atom is -0.508 e. The Labute approximate surface area is 122 Å². The molecule has 0 aliphatic rings. The van der Waals surface area contributed by atoms with E-state index in [9.17, 15) is 9.90 Å². The summed E-state index contributed by atoms with van der Waals surface area (Å²) in [7, 11) is 1.59. The maximum absolute atomic E-state index is 11.9. The topological polar surface area (TPSA) is 82.8 Å². The molecule has 1 heterocycles. The number of carbonyl (C=O) groups is 1. The summed E-state index contributed by atoms with van der Waals surface area (Å²) in [5.41, 5.74) is 0.817. The van der Waals surface area contributed by atoms with Gasteiger partial charge in [0.05, 0.1) is 25.3 Å². The highest BCUT2D eigenvalue weighted by molar-refractivity contribution is 6.02. The van der Waals surface area contributed by atoms with Crippen molar-refractivity contribution in [1.82, 2.24) is 9.78 Å². The summed E-state index contributed by atoms with van der Waals surface area (Å²) in [5.74, 6) is -0.403. The predicted molar refractivity (Wildman–Crippen MR) is 75.2 cm³/mol. The van der Waals surface area contributed by atoms with Crippen molar-refractivity contribution in [2.45, 2.75) is 13.7 Å². The largest absolute Gasteiger partial charge is 0.508 e. The summed E-state index contributed by atoms with van der Waals surface area (Å²) in [6.45, 7) is 3.04. The van der Waals surface area contributed by atoms with Crippen LogP contribution < -0.4 is 0 Å². The number of esters is 1. The van der Waals surface area contributed by atoms with Gasteiger partial charge < -0.3 is 19.3 Å². The third-order valence-corrected chi connectivity index (χ3v) is 2.85. The Morgan fingerprint density at radius 3 is 2.90 bits per heavy atom. The van der Waals surface area contributed by atoms with Crippen molar-refractivity contribution in [1.29, 1.82) is 0 Å². The summed E-state index contributed by atoms with van der Waals surface area (Å²) in [4.78, 5) is 11.9. The molecule has 2 aromatic rings. The standard InChI is InChI=1S/C14H18N2O5/c1-3-21-14(18)13-11-5-4-10(17)8-12(11)16(15-13)9-20-7-6-19-2/h4-5,8,17H,3,6-7,9H2,1-2H3. The Bertz CT molecular complexity index is 623. The molecule has 0 amide bonds. The highest BCUT2D eigenvalue weighted by Crippen LogP contribution is 2.23. The Balaban J connectivity index is 2.31. The quantitative estimate of drug-likeness (QED) is 0.616. The fourth-order valence-electron chi connectivity index (χ4n) is 1.90. The zero-order valence-corrected chi connectivity index (χ0v) is 12.0. The highest BCUT2D eigenvalue weighted by Gasteiger charge is 2.18. The van der Waals surface area contributed by atoms with E-state index in [0.717, 1.165) is 0 Å². The van der Waals surface area contributed by atoms with Crippen LogP contribution in [0, 0.1) is 0 Å². The van der Waals surface area contributed by atoms with E-state index in [-0.39, 0.29) is 24.8 Å². The van der Waals surface area contributed by atoms with Gasteiger partial charge in [0.2, 0.25) is 0 Å². The van der Waals surface area contributed by atoms with Gasteiger partial charge >= 0.3 is 5.97 Å². The molecule has 0 spiro atoms. The molecule has 1 N–H and O–H groups in total. The number of benzene rings is 1. The fraction of sp³-hybridized carbons (Fsp3) is 0.429. The molecule has 0 fully saturated rings. The van der Waals surface area contributed by atoms with Gasteiger partial charge in [0.15, 0.2) is 5.69 Å². The minimum atomic E-state index is -0.496. The number of phenols is 1. The SMILES string of the molecule is CCOC(=O)c1nn(COCCOC)c2cc(O)ccc12. The molecule has 114 valence electrons. The number of ether oxygens (including phenoxy) is 3. The second kappa shape index (κ2) is 7.05. The smallest absolute Gasteiger partial charge is 0.359 e. The van der Waals surface area contributed by atoms with Gasteiger partial charge in [0, 0.05) is 18.6 Å². The van der Waals surface area contributed by atoms with Crippen LogP contribution in [0.1, 0.15) is 17.4 Å². The summed E-state index contributed by atoms with van der Waals surface area (Å²) >= 11 is 0. The number of aromatic hydroxyl groups is 1. The second-order valence-electron chi connectivity index (χ2n) is 4.30. The van der Waals surface area contributed by atoms with E-state index in [1.54, 1.807) is 20.1 Å². The van der Waals surface area contributed by atoms with E-state index >= 15 is 0 Å². The van der Waals surface area contributed by atoms with Gasteiger partial charge in [-0.25, -0.2) is 9.48 Å². The first kappa shape index (κ1) is 15.3. The fourth-order valence-corrected chi connectivity index (χ4v) is 1.90. The Morgan fingerprint density at radius 2 is 2.19 bits per heavy atom. The Hall–Kier alpha value is -2.12. The third-order valence-electron chi connectivity index (χ3n) is 2.85. The molecule has 1 aromatic heterocycles. The molecule has 0 aliphatic heterocycles. The minimum absolute atomic E-state index is 0.0935. The molecule has 2 rings (SSSR count). The van der Waals surface area contributed by atoms with Crippen LogP contribution >= 0.6 is 0 Å². The van der Waals surface area contributed by atoms with Gasteiger partial charge in [0.1, 0.15) is 12.5 Å². The second-order valence-corrected chi connectivity index (χ2v) is 4.30. The van der Waals surface area contributed by atoms with Crippen LogP contribution in [0.25, 0.3) is 10.9 Å². The van der Waals surface area contributed by atoms with Crippen LogP contribution in [0.5, 0.6) is 5.75 Å². The number of fused-ring (bicyclic) bond motifs is 1. The van der Waals surface area contributed by atoms with Crippen molar-refractivity contribution in [2.75, 3.05) is 26.9 Å². The van der Waals surface area contributed by atoms with E-state index in [2.05, 4.69) is 5.10 Å². The van der Waals surface area contributed by atoms with Gasteiger partial charge in [-0.05, 0) is 19.1 Å². The molecular weight excluding hydrogens is 276 g/mol. The zero-order chi connectivity index (χ0) is 15.2. The summed E-state index contributed by atoms with van der Waals surface area (Å²) in [5, 5.41) is 14.4. The summed E-state index contributed by atoms with van der Waals surface area (Å²) in [6.07, 6.45) is 0. The lowest BCUT2D eigenvalue weighted by atomic mass is 10.2. The number of methoxy groups -OCH3 is 1. The van der Waals surface area contributed by atoms with Gasteiger partial charge in [-0.3, -0.25) is 0 Å². The van der Waals surface area contributed by atoms with Crippen molar-refractivity contribution in [3.05, 3.63) is 23.9 Å². The Kier molecular flexibility index (Phi) is 5.13. The van der Waals surface area contributed by atoms with Gasteiger partial charge in [0.25, 0.3) is 0 Å². The van der Waals surface area contributed by atoms with Crippen molar-refractivity contribution < 1.29 is 24.1 Å². The van der Waals surface area contributed by atoms with Crippen molar-refractivity contribution >= 4 is 16.9 Å². The van der Waals surface area contributed by atoms with Crippen LogP contribution in [0.15, 0.2) is 18.2 Å².